The molecule has 1 aliphatic heterocycles. The average Bonchev–Trinajstić information content (AvgIpc) is 2.89. The topological polar surface area (TPSA) is 57.7 Å². The molecule has 6 heteroatoms. The second-order valence-corrected chi connectivity index (χ2v) is 8.30. The van der Waals surface area contributed by atoms with Gasteiger partial charge in [-0.3, -0.25) is 9.59 Å². The maximum absolute atomic E-state index is 13.7. The summed E-state index contributed by atoms with van der Waals surface area (Å²) in [6, 6.07) is 29.9. The van der Waals surface area contributed by atoms with E-state index >= 15 is 0 Å². The number of urea groups is 1. The van der Waals surface area contributed by atoms with Crippen molar-refractivity contribution in [3.8, 4) is 0 Å². The fourth-order valence-corrected chi connectivity index (χ4v) is 4.20. The van der Waals surface area contributed by atoms with Gasteiger partial charge < -0.3 is 0 Å². The second-order valence-electron chi connectivity index (χ2n) is 8.30. The fourth-order valence-electron chi connectivity index (χ4n) is 4.20. The van der Waals surface area contributed by atoms with Gasteiger partial charge in [-0.15, -0.1) is 0 Å². The molecule has 0 spiro atoms. The number of halogens is 1. The van der Waals surface area contributed by atoms with Crippen molar-refractivity contribution >= 4 is 35.3 Å². The van der Waals surface area contributed by atoms with Crippen LogP contribution in [0.2, 0.25) is 0 Å². The Labute approximate surface area is 207 Å². The van der Waals surface area contributed by atoms with Crippen LogP contribution in [-0.4, -0.2) is 17.8 Å². The SMILES string of the molecule is O=C1C(=Cc2ccccc2Cc2cccc(F)c2)C(=O)N(c2ccccc2)C(=O)N1c1ccccc1. The third kappa shape index (κ3) is 4.44. The molecule has 0 N–H and O–H groups in total. The highest BCUT2D eigenvalue weighted by molar-refractivity contribution is 6.46. The zero-order valence-electron chi connectivity index (χ0n) is 19.2. The van der Waals surface area contributed by atoms with Crippen LogP contribution in [0, 0.1) is 5.82 Å². The molecule has 1 saturated heterocycles. The smallest absolute Gasteiger partial charge is 0.268 e. The Morgan fingerprint density at radius 2 is 1.19 bits per heavy atom. The van der Waals surface area contributed by atoms with Crippen molar-refractivity contribution in [1.29, 1.82) is 0 Å². The molecule has 0 radical (unpaired) electrons. The van der Waals surface area contributed by atoms with Gasteiger partial charge in [-0.2, -0.15) is 0 Å². The third-order valence-electron chi connectivity index (χ3n) is 5.92. The summed E-state index contributed by atoms with van der Waals surface area (Å²) >= 11 is 0. The molecule has 4 amide bonds. The highest BCUT2D eigenvalue weighted by atomic mass is 19.1. The maximum atomic E-state index is 13.7. The van der Waals surface area contributed by atoms with E-state index in [0.717, 1.165) is 20.9 Å². The number of para-hydroxylation sites is 2. The van der Waals surface area contributed by atoms with Gasteiger partial charge in [-0.1, -0.05) is 72.8 Å². The number of carbonyl (C=O) groups excluding carboxylic acids is 3. The Kier molecular flexibility index (Phi) is 6.24. The van der Waals surface area contributed by atoms with Gasteiger partial charge in [0.15, 0.2) is 0 Å². The molecule has 1 heterocycles. The monoisotopic (exact) mass is 476 g/mol. The van der Waals surface area contributed by atoms with E-state index in [1.54, 1.807) is 78.9 Å². The van der Waals surface area contributed by atoms with Gasteiger partial charge in [-0.25, -0.2) is 19.0 Å². The number of hydrogen-bond donors (Lipinski definition) is 0. The van der Waals surface area contributed by atoms with Crippen LogP contribution in [0.15, 0.2) is 115 Å². The maximum Gasteiger partial charge on any atom is 0.343 e. The Bertz CT molecular complexity index is 1420. The minimum absolute atomic E-state index is 0.144. The Balaban J connectivity index is 1.61. The van der Waals surface area contributed by atoms with Crippen molar-refractivity contribution in [1.82, 2.24) is 0 Å². The summed E-state index contributed by atoms with van der Waals surface area (Å²) in [6.07, 6.45) is 1.92. The van der Waals surface area contributed by atoms with Gasteiger partial charge in [-0.05, 0) is 65.6 Å². The number of amides is 4. The van der Waals surface area contributed by atoms with Crippen molar-refractivity contribution in [2.75, 3.05) is 9.80 Å². The molecular formula is C30H21FN2O3. The van der Waals surface area contributed by atoms with Crippen molar-refractivity contribution < 1.29 is 18.8 Å². The lowest BCUT2D eigenvalue weighted by Gasteiger charge is -2.34. The minimum Gasteiger partial charge on any atom is -0.268 e. The van der Waals surface area contributed by atoms with Crippen molar-refractivity contribution in [2.24, 2.45) is 0 Å². The summed E-state index contributed by atoms with van der Waals surface area (Å²) in [7, 11) is 0. The molecule has 0 atom stereocenters. The largest absolute Gasteiger partial charge is 0.343 e. The van der Waals surface area contributed by atoms with Gasteiger partial charge in [0.05, 0.1) is 11.4 Å². The number of anilines is 2. The predicted octanol–water partition coefficient (Wildman–Crippen LogP) is 6.00. The molecule has 0 aliphatic carbocycles. The first-order valence-corrected chi connectivity index (χ1v) is 11.4. The molecule has 4 aromatic carbocycles. The first-order valence-electron chi connectivity index (χ1n) is 11.4. The zero-order valence-corrected chi connectivity index (χ0v) is 19.2. The number of hydrogen-bond acceptors (Lipinski definition) is 3. The molecular weight excluding hydrogens is 455 g/mol. The summed E-state index contributed by atoms with van der Waals surface area (Å²) in [5.41, 5.74) is 2.78. The number of barbiturate groups is 1. The number of carbonyl (C=O) groups is 3. The summed E-state index contributed by atoms with van der Waals surface area (Å²) in [4.78, 5) is 42.6. The third-order valence-corrected chi connectivity index (χ3v) is 5.92. The predicted molar refractivity (Wildman–Crippen MR) is 137 cm³/mol. The molecule has 5 rings (SSSR count). The van der Waals surface area contributed by atoms with Gasteiger partial charge in [0, 0.05) is 0 Å². The quantitative estimate of drug-likeness (QED) is 0.262. The first kappa shape index (κ1) is 22.9. The Morgan fingerprint density at radius 1 is 0.639 bits per heavy atom. The summed E-state index contributed by atoms with van der Waals surface area (Å²) in [5, 5.41) is 0. The van der Waals surface area contributed by atoms with Crippen LogP contribution in [0.25, 0.3) is 6.08 Å². The standard InChI is InChI=1S/C30H21FN2O3/c31-24-13-9-10-21(19-24)18-22-11-7-8-12-23(22)20-27-28(34)32(25-14-3-1-4-15-25)30(36)33(29(27)35)26-16-5-2-6-17-26/h1-17,19-20H,18H2. The highest BCUT2D eigenvalue weighted by Gasteiger charge is 2.43. The Hall–Kier alpha value is -4.84. The lowest BCUT2D eigenvalue weighted by molar-refractivity contribution is -0.121. The summed E-state index contributed by atoms with van der Waals surface area (Å²) < 4.78 is 13.7. The molecule has 0 saturated carbocycles. The zero-order chi connectivity index (χ0) is 25.1. The molecule has 1 aliphatic rings. The van der Waals surface area contributed by atoms with E-state index in [0.29, 0.717) is 23.4 Å². The molecule has 0 bridgehead atoms. The van der Waals surface area contributed by atoms with Crippen LogP contribution < -0.4 is 9.80 Å². The molecule has 4 aromatic rings. The van der Waals surface area contributed by atoms with Crippen molar-refractivity contribution in [3.05, 3.63) is 137 Å². The molecule has 1 fully saturated rings. The van der Waals surface area contributed by atoms with Gasteiger partial charge in [0.25, 0.3) is 11.8 Å². The lowest BCUT2D eigenvalue weighted by Crippen LogP contribution is -2.57. The van der Waals surface area contributed by atoms with Gasteiger partial charge in [0.1, 0.15) is 11.4 Å². The van der Waals surface area contributed by atoms with Crippen LogP contribution in [0.4, 0.5) is 20.6 Å². The van der Waals surface area contributed by atoms with Crippen LogP contribution in [-0.2, 0) is 16.0 Å². The van der Waals surface area contributed by atoms with Crippen LogP contribution in [0.1, 0.15) is 16.7 Å². The van der Waals surface area contributed by atoms with E-state index in [-0.39, 0.29) is 11.4 Å². The normalized spacial score (nSPS) is 13.8. The molecule has 0 unspecified atom stereocenters. The highest BCUT2D eigenvalue weighted by Crippen LogP contribution is 2.30. The van der Waals surface area contributed by atoms with E-state index in [2.05, 4.69) is 0 Å². The number of benzene rings is 4. The summed E-state index contributed by atoms with van der Waals surface area (Å²) in [5.74, 6) is -1.75. The van der Waals surface area contributed by atoms with E-state index in [1.165, 1.54) is 18.2 Å². The molecule has 5 nitrogen and oxygen atoms in total. The van der Waals surface area contributed by atoms with Crippen LogP contribution >= 0.6 is 0 Å². The number of imide groups is 2. The average molecular weight is 477 g/mol. The van der Waals surface area contributed by atoms with Crippen molar-refractivity contribution in [3.63, 3.8) is 0 Å². The molecule has 176 valence electrons. The number of nitrogens with zero attached hydrogens (tertiary/aromatic N) is 2. The van der Waals surface area contributed by atoms with Gasteiger partial charge >= 0.3 is 6.03 Å². The first-order chi connectivity index (χ1) is 17.5. The molecule has 0 aromatic heterocycles. The summed E-state index contributed by atoms with van der Waals surface area (Å²) in [6.45, 7) is 0. The van der Waals surface area contributed by atoms with Crippen LogP contribution in [0.3, 0.4) is 0 Å². The van der Waals surface area contributed by atoms with Crippen LogP contribution in [0.5, 0.6) is 0 Å². The fraction of sp³-hybridized carbons (Fsp3) is 0.0333. The van der Waals surface area contributed by atoms with E-state index in [4.69, 9.17) is 0 Å². The number of rotatable bonds is 5. The minimum atomic E-state index is -0.743. The van der Waals surface area contributed by atoms with Crippen molar-refractivity contribution in [2.45, 2.75) is 6.42 Å². The van der Waals surface area contributed by atoms with E-state index in [9.17, 15) is 18.8 Å². The molecule has 36 heavy (non-hydrogen) atoms. The van der Waals surface area contributed by atoms with E-state index in [1.807, 2.05) is 18.2 Å². The Morgan fingerprint density at radius 3 is 1.78 bits per heavy atom. The lowest BCUT2D eigenvalue weighted by atomic mass is 9.97. The van der Waals surface area contributed by atoms with Gasteiger partial charge in [0.2, 0.25) is 0 Å². The van der Waals surface area contributed by atoms with E-state index < -0.39 is 17.8 Å². The second kappa shape index (κ2) is 9.80.